The Balaban J connectivity index is 2.25. The number of imidazole rings is 1. The molecule has 102 valence electrons. The molecule has 20 heavy (non-hydrogen) atoms. The van der Waals surface area contributed by atoms with Crippen molar-refractivity contribution < 1.29 is 0 Å². The van der Waals surface area contributed by atoms with Gasteiger partial charge in [-0.3, -0.25) is 4.57 Å². The number of hydrogen-bond acceptors (Lipinski definition) is 2. The molecule has 0 radical (unpaired) electrons. The first-order valence-electron chi connectivity index (χ1n) is 6.51. The highest BCUT2D eigenvalue weighted by Crippen LogP contribution is 2.25. The second-order valence-electron chi connectivity index (χ2n) is 4.90. The van der Waals surface area contributed by atoms with Crippen molar-refractivity contribution in [1.82, 2.24) is 9.55 Å². The molecule has 0 amide bonds. The zero-order valence-electron chi connectivity index (χ0n) is 11.5. The van der Waals surface area contributed by atoms with E-state index in [0.717, 1.165) is 28.2 Å². The zero-order valence-corrected chi connectivity index (χ0v) is 12.3. The predicted octanol–water partition coefficient (Wildman–Crippen LogP) is 3.83. The van der Waals surface area contributed by atoms with Crippen molar-refractivity contribution >= 4 is 28.3 Å². The molecule has 0 aliphatic carbocycles. The van der Waals surface area contributed by atoms with Crippen molar-refractivity contribution in [3.05, 3.63) is 54.4 Å². The number of nitrogens with zero attached hydrogens (tertiary/aromatic N) is 3. The lowest BCUT2D eigenvalue weighted by molar-refractivity contribution is 0.979. The van der Waals surface area contributed by atoms with Gasteiger partial charge in [-0.15, -0.1) is 11.6 Å². The molecule has 0 atom stereocenters. The topological polar surface area (TPSA) is 21.1 Å². The SMILES string of the molecule is CN(C)c1cccc(-n2c(CCl)nc3ccccc32)c1. The quantitative estimate of drug-likeness (QED) is 0.682. The summed E-state index contributed by atoms with van der Waals surface area (Å²) < 4.78 is 2.12. The molecule has 0 bridgehead atoms. The van der Waals surface area contributed by atoms with E-state index in [9.17, 15) is 0 Å². The molecule has 1 aromatic heterocycles. The van der Waals surface area contributed by atoms with E-state index in [1.807, 2.05) is 32.3 Å². The first kappa shape index (κ1) is 13.0. The van der Waals surface area contributed by atoms with Crippen LogP contribution in [0.15, 0.2) is 48.5 Å². The molecular weight excluding hydrogens is 270 g/mol. The van der Waals surface area contributed by atoms with Crippen LogP contribution in [0.1, 0.15) is 5.82 Å². The highest BCUT2D eigenvalue weighted by molar-refractivity contribution is 6.17. The van der Waals surface area contributed by atoms with Gasteiger partial charge in [0.1, 0.15) is 5.82 Å². The first-order valence-corrected chi connectivity index (χ1v) is 7.04. The third-order valence-corrected chi connectivity index (χ3v) is 3.59. The van der Waals surface area contributed by atoms with Gasteiger partial charge in [-0.1, -0.05) is 18.2 Å². The van der Waals surface area contributed by atoms with Gasteiger partial charge < -0.3 is 4.90 Å². The Hall–Kier alpha value is -2.00. The number of fused-ring (bicyclic) bond motifs is 1. The summed E-state index contributed by atoms with van der Waals surface area (Å²) in [6.07, 6.45) is 0. The number of rotatable bonds is 3. The second kappa shape index (κ2) is 5.17. The van der Waals surface area contributed by atoms with E-state index in [1.54, 1.807) is 0 Å². The summed E-state index contributed by atoms with van der Waals surface area (Å²) >= 11 is 6.06. The number of hydrogen-bond donors (Lipinski definition) is 0. The Bertz CT molecular complexity index is 746. The molecule has 0 aliphatic heterocycles. The number of alkyl halides is 1. The van der Waals surface area contributed by atoms with Gasteiger partial charge in [0, 0.05) is 25.5 Å². The minimum atomic E-state index is 0.390. The fourth-order valence-corrected chi connectivity index (χ4v) is 2.54. The van der Waals surface area contributed by atoms with Crippen LogP contribution >= 0.6 is 11.6 Å². The molecule has 3 rings (SSSR count). The Morgan fingerprint density at radius 2 is 1.90 bits per heavy atom. The van der Waals surface area contributed by atoms with Gasteiger partial charge in [0.15, 0.2) is 0 Å². The van der Waals surface area contributed by atoms with Crippen LogP contribution in [0.4, 0.5) is 5.69 Å². The van der Waals surface area contributed by atoms with E-state index < -0.39 is 0 Å². The summed E-state index contributed by atoms with van der Waals surface area (Å²) in [6, 6.07) is 16.5. The number of halogens is 1. The fraction of sp³-hybridized carbons (Fsp3) is 0.188. The van der Waals surface area contributed by atoms with Gasteiger partial charge in [-0.2, -0.15) is 0 Å². The summed E-state index contributed by atoms with van der Waals surface area (Å²) in [5.41, 5.74) is 4.29. The number of aromatic nitrogens is 2. The van der Waals surface area contributed by atoms with E-state index in [1.165, 1.54) is 0 Å². The minimum absolute atomic E-state index is 0.390. The molecule has 3 nitrogen and oxygen atoms in total. The van der Waals surface area contributed by atoms with Gasteiger partial charge in [-0.05, 0) is 30.3 Å². The second-order valence-corrected chi connectivity index (χ2v) is 5.17. The molecule has 0 aliphatic rings. The van der Waals surface area contributed by atoms with Crippen molar-refractivity contribution in [3.63, 3.8) is 0 Å². The molecule has 0 N–H and O–H groups in total. The fourth-order valence-electron chi connectivity index (χ4n) is 2.36. The lowest BCUT2D eigenvalue weighted by Crippen LogP contribution is -2.09. The van der Waals surface area contributed by atoms with E-state index >= 15 is 0 Å². The third kappa shape index (κ3) is 2.14. The highest BCUT2D eigenvalue weighted by atomic mass is 35.5. The maximum absolute atomic E-state index is 6.06. The lowest BCUT2D eigenvalue weighted by Gasteiger charge is -2.15. The average molecular weight is 286 g/mol. The molecule has 3 aromatic rings. The van der Waals surface area contributed by atoms with E-state index in [0.29, 0.717) is 5.88 Å². The standard InChI is InChI=1S/C16H16ClN3/c1-19(2)12-6-5-7-13(10-12)20-15-9-4-3-8-14(15)18-16(20)11-17/h3-10H,11H2,1-2H3. The molecule has 0 saturated heterocycles. The van der Waals surface area contributed by atoms with Gasteiger partial charge in [0.25, 0.3) is 0 Å². The van der Waals surface area contributed by atoms with Crippen LogP contribution in [0.2, 0.25) is 0 Å². The van der Waals surface area contributed by atoms with Crippen molar-refractivity contribution in [2.75, 3.05) is 19.0 Å². The monoisotopic (exact) mass is 285 g/mol. The highest BCUT2D eigenvalue weighted by Gasteiger charge is 2.11. The predicted molar refractivity (Wildman–Crippen MR) is 85.0 cm³/mol. The largest absolute Gasteiger partial charge is 0.378 e. The van der Waals surface area contributed by atoms with E-state index in [4.69, 9.17) is 11.6 Å². The summed E-state index contributed by atoms with van der Waals surface area (Å²) in [5.74, 6) is 1.25. The van der Waals surface area contributed by atoms with Crippen molar-refractivity contribution in [1.29, 1.82) is 0 Å². The van der Waals surface area contributed by atoms with E-state index in [-0.39, 0.29) is 0 Å². The van der Waals surface area contributed by atoms with Crippen LogP contribution in [0.3, 0.4) is 0 Å². The summed E-state index contributed by atoms with van der Waals surface area (Å²) in [5, 5.41) is 0. The Morgan fingerprint density at radius 1 is 1.10 bits per heavy atom. The van der Waals surface area contributed by atoms with Gasteiger partial charge >= 0.3 is 0 Å². The minimum Gasteiger partial charge on any atom is -0.378 e. The van der Waals surface area contributed by atoms with Crippen molar-refractivity contribution in [2.24, 2.45) is 0 Å². The molecule has 0 fully saturated rings. The zero-order chi connectivity index (χ0) is 14.1. The van der Waals surface area contributed by atoms with Crippen LogP contribution in [0, 0.1) is 0 Å². The van der Waals surface area contributed by atoms with Crippen molar-refractivity contribution in [2.45, 2.75) is 5.88 Å². The van der Waals surface area contributed by atoms with Gasteiger partial charge in [-0.25, -0.2) is 4.98 Å². The Morgan fingerprint density at radius 3 is 2.65 bits per heavy atom. The first-order chi connectivity index (χ1) is 9.70. The summed E-state index contributed by atoms with van der Waals surface area (Å²) in [4.78, 5) is 6.69. The maximum Gasteiger partial charge on any atom is 0.129 e. The lowest BCUT2D eigenvalue weighted by atomic mass is 10.2. The molecule has 0 saturated carbocycles. The van der Waals surface area contributed by atoms with Gasteiger partial charge in [0.2, 0.25) is 0 Å². The van der Waals surface area contributed by atoms with Crippen LogP contribution in [-0.2, 0) is 5.88 Å². The number of para-hydroxylation sites is 2. The van der Waals surface area contributed by atoms with Crippen molar-refractivity contribution in [3.8, 4) is 5.69 Å². The average Bonchev–Trinajstić information content (AvgIpc) is 2.85. The summed E-state index contributed by atoms with van der Waals surface area (Å²) in [6.45, 7) is 0. The maximum atomic E-state index is 6.06. The normalized spacial score (nSPS) is 10.9. The number of anilines is 1. The smallest absolute Gasteiger partial charge is 0.129 e. The molecule has 1 heterocycles. The molecular formula is C16H16ClN3. The van der Waals surface area contributed by atoms with E-state index in [2.05, 4.69) is 44.8 Å². The van der Waals surface area contributed by atoms with Gasteiger partial charge in [0.05, 0.1) is 16.9 Å². The van der Waals surface area contributed by atoms with Crippen LogP contribution in [-0.4, -0.2) is 23.6 Å². The third-order valence-electron chi connectivity index (χ3n) is 3.35. The molecule has 0 unspecified atom stereocenters. The Kier molecular flexibility index (Phi) is 3.36. The van der Waals surface area contributed by atoms with Crippen LogP contribution in [0.25, 0.3) is 16.7 Å². The summed E-state index contributed by atoms with van der Waals surface area (Å²) in [7, 11) is 4.07. The van der Waals surface area contributed by atoms with Crippen LogP contribution < -0.4 is 4.90 Å². The van der Waals surface area contributed by atoms with Crippen LogP contribution in [0.5, 0.6) is 0 Å². The molecule has 0 spiro atoms. The molecule has 4 heteroatoms. The molecule has 2 aromatic carbocycles. The Labute approximate surface area is 123 Å². The number of benzene rings is 2.